The summed E-state index contributed by atoms with van der Waals surface area (Å²) in [5, 5.41) is 2.47. The number of rotatable bonds is 4. The van der Waals surface area contributed by atoms with Gasteiger partial charge in [-0.1, -0.05) is 45.7 Å². The quantitative estimate of drug-likeness (QED) is 0.371. The van der Waals surface area contributed by atoms with E-state index in [1.54, 1.807) is 24.2 Å². The molecule has 134 valence electrons. The number of pyridine rings is 2. The van der Waals surface area contributed by atoms with Crippen LogP contribution in [-0.2, 0) is 7.05 Å². The molecular formula is C20H14BrClN4S. The molecule has 0 aliphatic heterocycles. The lowest BCUT2D eigenvalue weighted by atomic mass is 10.2. The Labute approximate surface area is 174 Å². The number of aromatic nitrogens is 4. The summed E-state index contributed by atoms with van der Waals surface area (Å²) in [6.45, 7) is 0. The molecule has 0 radical (unpaired) electrons. The van der Waals surface area contributed by atoms with Crippen molar-refractivity contribution in [1.29, 1.82) is 0 Å². The van der Waals surface area contributed by atoms with E-state index < -0.39 is 0 Å². The Morgan fingerprint density at radius 1 is 1.00 bits per heavy atom. The topological polar surface area (TPSA) is 43.6 Å². The van der Waals surface area contributed by atoms with Gasteiger partial charge in [-0.25, -0.2) is 9.97 Å². The van der Waals surface area contributed by atoms with Crippen LogP contribution in [0.15, 0.2) is 81.5 Å². The molecule has 4 rings (SSSR count). The molecule has 0 saturated carbocycles. The minimum atomic E-state index is 0.617. The fourth-order valence-corrected chi connectivity index (χ4v) is 3.94. The Morgan fingerprint density at radius 2 is 1.81 bits per heavy atom. The van der Waals surface area contributed by atoms with Crippen molar-refractivity contribution >= 4 is 39.3 Å². The number of hydrogen-bond donors (Lipinski definition) is 0. The third-order valence-electron chi connectivity index (χ3n) is 3.96. The first-order valence-electron chi connectivity index (χ1n) is 8.15. The smallest absolute Gasteiger partial charge is 0.159 e. The maximum Gasteiger partial charge on any atom is 0.159 e. The SMILES string of the molecule is Cn1c(-c2ccccn2)nc(-c2ccc(Br)cc2)c1Sc1ccc(Cl)cn1. The zero-order valence-corrected chi connectivity index (χ0v) is 17.5. The van der Waals surface area contributed by atoms with E-state index >= 15 is 0 Å². The standard InChI is InChI=1S/C20H14BrClN4S/c1-26-19(16-4-2-3-11-23-16)25-18(13-5-7-14(21)8-6-13)20(26)27-17-10-9-15(22)12-24-17/h2-12H,1H3. The number of halogens is 2. The highest BCUT2D eigenvalue weighted by Gasteiger charge is 2.19. The molecule has 0 N–H and O–H groups in total. The number of hydrogen-bond acceptors (Lipinski definition) is 4. The fourth-order valence-electron chi connectivity index (χ4n) is 2.64. The first-order valence-corrected chi connectivity index (χ1v) is 10.1. The summed E-state index contributed by atoms with van der Waals surface area (Å²) < 4.78 is 3.08. The molecule has 0 unspecified atom stereocenters. The van der Waals surface area contributed by atoms with Crippen molar-refractivity contribution in [2.75, 3.05) is 0 Å². The van der Waals surface area contributed by atoms with Gasteiger partial charge in [-0.05, 0) is 48.2 Å². The second kappa shape index (κ2) is 7.84. The molecule has 0 fully saturated rings. The number of nitrogens with zero attached hydrogens (tertiary/aromatic N) is 4. The zero-order chi connectivity index (χ0) is 18.8. The second-order valence-corrected chi connectivity index (χ2v) is 8.15. The van der Waals surface area contributed by atoms with Crippen LogP contribution in [0.4, 0.5) is 0 Å². The van der Waals surface area contributed by atoms with Crippen molar-refractivity contribution in [2.45, 2.75) is 10.1 Å². The van der Waals surface area contributed by atoms with Crippen molar-refractivity contribution in [3.05, 3.63) is 76.5 Å². The van der Waals surface area contributed by atoms with Crippen molar-refractivity contribution in [1.82, 2.24) is 19.5 Å². The van der Waals surface area contributed by atoms with Gasteiger partial charge in [0.2, 0.25) is 0 Å². The molecule has 1 aromatic carbocycles. The first kappa shape index (κ1) is 18.2. The molecule has 0 bridgehead atoms. The molecule has 27 heavy (non-hydrogen) atoms. The predicted octanol–water partition coefficient (Wildman–Crippen LogP) is 6.11. The van der Waals surface area contributed by atoms with E-state index in [0.717, 1.165) is 37.3 Å². The highest BCUT2D eigenvalue weighted by Crippen LogP contribution is 2.38. The van der Waals surface area contributed by atoms with Gasteiger partial charge in [0.15, 0.2) is 5.82 Å². The predicted molar refractivity (Wildman–Crippen MR) is 113 cm³/mol. The van der Waals surface area contributed by atoms with Crippen LogP contribution in [0.25, 0.3) is 22.8 Å². The molecule has 3 aromatic heterocycles. The Hall–Kier alpha value is -2.15. The number of benzene rings is 1. The normalized spacial score (nSPS) is 10.9. The van der Waals surface area contributed by atoms with Gasteiger partial charge < -0.3 is 4.57 Å². The summed E-state index contributed by atoms with van der Waals surface area (Å²) in [5.74, 6) is 0.810. The van der Waals surface area contributed by atoms with E-state index in [1.807, 2.05) is 61.6 Å². The third kappa shape index (κ3) is 3.93. The van der Waals surface area contributed by atoms with Gasteiger partial charge in [0, 0.05) is 29.5 Å². The first-order chi connectivity index (χ1) is 13.1. The van der Waals surface area contributed by atoms with Gasteiger partial charge in [0.1, 0.15) is 21.4 Å². The van der Waals surface area contributed by atoms with E-state index in [0.29, 0.717) is 5.02 Å². The molecule has 0 atom stereocenters. The lowest BCUT2D eigenvalue weighted by Crippen LogP contribution is -1.96. The lowest BCUT2D eigenvalue weighted by molar-refractivity contribution is 0.830. The van der Waals surface area contributed by atoms with Crippen molar-refractivity contribution in [2.24, 2.45) is 7.05 Å². The van der Waals surface area contributed by atoms with Gasteiger partial charge in [-0.3, -0.25) is 4.98 Å². The molecule has 0 saturated heterocycles. The average Bonchev–Trinajstić information content (AvgIpc) is 3.01. The van der Waals surface area contributed by atoms with Crippen LogP contribution in [0.1, 0.15) is 0 Å². The monoisotopic (exact) mass is 456 g/mol. The summed E-state index contributed by atoms with van der Waals surface area (Å²) >= 11 is 11.0. The Bertz CT molecular complexity index is 1060. The molecule has 7 heteroatoms. The van der Waals surface area contributed by atoms with Crippen LogP contribution in [0.5, 0.6) is 0 Å². The van der Waals surface area contributed by atoms with Crippen LogP contribution in [-0.4, -0.2) is 19.5 Å². The Kier molecular flexibility index (Phi) is 5.29. The van der Waals surface area contributed by atoms with Crippen LogP contribution in [0, 0.1) is 0 Å². The molecular weight excluding hydrogens is 444 g/mol. The summed E-state index contributed by atoms with van der Waals surface area (Å²) in [6.07, 6.45) is 3.43. The zero-order valence-electron chi connectivity index (χ0n) is 14.3. The molecule has 0 amide bonds. The minimum Gasteiger partial charge on any atom is -0.320 e. The molecule has 0 aliphatic carbocycles. The van der Waals surface area contributed by atoms with Crippen LogP contribution in [0.3, 0.4) is 0 Å². The van der Waals surface area contributed by atoms with Gasteiger partial charge in [-0.15, -0.1) is 0 Å². The average molecular weight is 458 g/mol. The van der Waals surface area contributed by atoms with Crippen molar-refractivity contribution in [3.8, 4) is 22.8 Å². The Balaban J connectivity index is 1.85. The van der Waals surface area contributed by atoms with Gasteiger partial charge in [-0.2, -0.15) is 0 Å². The van der Waals surface area contributed by atoms with E-state index in [4.69, 9.17) is 16.6 Å². The van der Waals surface area contributed by atoms with E-state index in [2.05, 4.69) is 30.5 Å². The molecule has 4 aromatic rings. The summed E-state index contributed by atoms with van der Waals surface area (Å²) in [5.41, 5.74) is 2.76. The largest absolute Gasteiger partial charge is 0.320 e. The molecule has 3 heterocycles. The van der Waals surface area contributed by atoms with Gasteiger partial charge >= 0.3 is 0 Å². The molecule has 0 aliphatic rings. The van der Waals surface area contributed by atoms with Crippen LogP contribution in [0.2, 0.25) is 5.02 Å². The maximum absolute atomic E-state index is 5.97. The van der Waals surface area contributed by atoms with Crippen molar-refractivity contribution in [3.63, 3.8) is 0 Å². The molecule has 4 nitrogen and oxygen atoms in total. The summed E-state index contributed by atoms with van der Waals surface area (Å²) in [4.78, 5) is 13.8. The van der Waals surface area contributed by atoms with Gasteiger partial charge in [0.05, 0.1) is 5.02 Å². The van der Waals surface area contributed by atoms with E-state index in [1.165, 1.54) is 0 Å². The van der Waals surface area contributed by atoms with Crippen molar-refractivity contribution < 1.29 is 0 Å². The van der Waals surface area contributed by atoms with E-state index in [-0.39, 0.29) is 0 Å². The van der Waals surface area contributed by atoms with E-state index in [9.17, 15) is 0 Å². The van der Waals surface area contributed by atoms with Crippen LogP contribution >= 0.6 is 39.3 Å². The summed E-state index contributed by atoms with van der Waals surface area (Å²) in [6, 6.07) is 17.7. The highest BCUT2D eigenvalue weighted by molar-refractivity contribution is 9.10. The summed E-state index contributed by atoms with van der Waals surface area (Å²) in [7, 11) is 2.00. The highest BCUT2D eigenvalue weighted by atomic mass is 79.9. The minimum absolute atomic E-state index is 0.617. The fraction of sp³-hybridized carbons (Fsp3) is 0.0500. The molecule has 0 spiro atoms. The maximum atomic E-state index is 5.97. The number of imidazole rings is 1. The lowest BCUT2D eigenvalue weighted by Gasteiger charge is -2.07. The second-order valence-electron chi connectivity index (χ2n) is 5.79. The van der Waals surface area contributed by atoms with Gasteiger partial charge in [0.25, 0.3) is 0 Å². The third-order valence-corrected chi connectivity index (χ3v) is 5.82. The Morgan fingerprint density at radius 3 is 2.48 bits per heavy atom. The van der Waals surface area contributed by atoms with Crippen LogP contribution < -0.4 is 0 Å².